The smallest absolute Gasteiger partial charge is 0.309 e. The average Bonchev–Trinajstić information content (AvgIpc) is 3.41. The van der Waals surface area contributed by atoms with E-state index < -0.39 is 36.0 Å². The average molecular weight is 391 g/mol. The molecule has 0 bridgehead atoms. The highest BCUT2D eigenvalue weighted by atomic mass is 16.6. The zero-order valence-electron chi connectivity index (χ0n) is 17.6. The number of epoxide rings is 1. The van der Waals surface area contributed by atoms with E-state index in [-0.39, 0.29) is 25.4 Å². The van der Waals surface area contributed by atoms with Crippen molar-refractivity contribution in [3.05, 3.63) is 0 Å². The molecule has 2 N–H and O–H groups in total. The van der Waals surface area contributed by atoms with Crippen LogP contribution in [0.15, 0.2) is 0 Å². The van der Waals surface area contributed by atoms with Crippen molar-refractivity contribution < 1.29 is 34.0 Å². The van der Waals surface area contributed by atoms with Gasteiger partial charge in [0, 0.05) is 12.8 Å². The molecule has 6 unspecified atom stereocenters. The number of hydrogen-bond acceptors (Lipinski definition) is 7. The second kappa shape index (κ2) is 13.9. The number of aliphatic hydroxyl groups excluding tert-OH is 2. The number of esters is 2. The minimum absolute atomic E-state index is 0.0332. The molecule has 0 radical (unpaired) electrons. The molecule has 7 nitrogen and oxygen atoms in total. The van der Waals surface area contributed by atoms with Crippen molar-refractivity contribution in [2.24, 2.45) is 11.8 Å². The maximum absolute atomic E-state index is 12.2. The van der Waals surface area contributed by atoms with E-state index in [4.69, 9.17) is 14.2 Å². The lowest BCUT2D eigenvalue weighted by atomic mass is 9.79. The highest BCUT2D eigenvalue weighted by Gasteiger charge is 2.53. The van der Waals surface area contributed by atoms with Crippen LogP contribution in [0.1, 0.15) is 67.2 Å². The third kappa shape index (κ3) is 9.53. The number of hydrogen-bond donors (Lipinski definition) is 2. The van der Waals surface area contributed by atoms with E-state index in [0.717, 1.165) is 0 Å². The number of carbonyl (C=O) groups excluding carboxylic acids is 2. The van der Waals surface area contributed by atoms with Gasteiger partial charge in [-0.3, -0.25) is 9.59 Å². The van der Waals surface area contributed by atoms with Gasteiger partial charge >= 0.3 is 11.9 Å². The van der Waals surface area contributed by atoms with Gasteiger partial charge in [-0.15, -0.1) is 0 Å². The van der Waals surface area contributed by atoms with E-state index in [9.17, 15) is 19.8 Å². The molecule has 0 amide bonds. The number of aliphatic hydroxyl groups is 2. The molecule has 1 aliphatic heterocycles. The zero-order chi connectivity index (χ0) is 21.0. The predicted octanol–water partition coefficient (Wildman–Crippen LogP) is 2.46. The second-order valence-electron chi connectivity index (χ2n) is 6.51. The summed E-state index contributed by atoms with van der Waals surface area (Å²) in [6.45, 7) is 11.5. The highest BCUT2D eigenvalue weighted by Crippen LogP contribution is 2.43. The highest BCUT2D eigenvalue weighted by molar-refractivity contribution is 5.82. The number of rotatable bonds is 8. The Labute approximate surface area is 163 Å². The molecule has 6 atom stereocenters. The third-order valence-corrected chi connectivity index (χ3v) is 4.31. The fourth-order valence-corrected chi connectivity index (χ4v) is 2.82. The van der Waals surface area contributed by atoms with Gasteiger partial charge in [0.15, 0.2) is 0 Å². The number of ether oxygens (including phenoxy) is 3. The molecule has 1 aliphatic carbocycles. The minimum atomic E-state index is -0.563. The van der Waals surface area contributed by atoms with Crippen molar-refractivity contribution in [1.29, 1.82) is 0 Å². The molecular formula is C20H38O7. The van der Waals surface area contributed by atoms with Crippen LogP contribution in [0.25, 0.3) is 0 Å². The van der Waals surface area contributed by atoms with Crippen LogP contribution in [-0.4, -0.2) is 59.8 Å². The molecule has 2 rings (SSSR count). The fraction of sp³-hybridized carbons (Fsp3) is 0.900. The van der Waals surface area contributed by atoms with Crippen molar-refractivity contribution in [3.63, 3.8) is 0 Å². The largest absolute Gasteiger partial charge is 0.465 e. The van der Waals surface area contributed by atoms with Crippen molar-refractivity contribution >= 4 is 11.9 Å². The molecule has 0 spiro atoms. The Balaban J connectivity index is 0.00000158. The van der Waals surface area contributed by atoms with Crippen LogP contribution in [0.3, 0.4) is 0 Å². The summed E-state index contributed by atoms with van der Waals surface area (Å²) in [6.07, 6.45) is 0.660. The molecule has 1 saturated carbocycles. The summed E-state index contributed by atoms with van der Waals surface area (Å²) in [6, 6.07) is 0. The molecular weight excluding hydrogens is 352 g/mol. The first-order valence-corrected chi connectivity index (χ1v) is 10.2. The predicted molar refractivity (Wildman–Crippen MR) is 102 cm³/mol. The van der Waals surface area contributed by atoms with Crippen LogP contribution in [0.5, 0.6) is 0 Å². The maximum atomic E-state index is 12.2. The molecule has 2 aliphatic rings. The summed E-state index contributed by atoms with van der Waals surface area (Å²) < 4.78 is 15.8. The second-order valence-corrected chi connectivity index (χ2v) is 6.51. The summed E-state index contributed by atoms with van der Waals surface area (Å²) in [4.78, 5) is 24.5. The van der Waals surface area contributed by atoms with Gasteiger partial charge < -0.3 is 24.4 Å². The maximum Gasteiger partial charge on any atom is 0.309 e. The quantitative estimate of drug-likeness (QED) is 0.484. The Bertz CT molecular complexity index is 385. The third-order valence-electron chi connectivity index (χ3n) is 4.31. The number of fused-ring (bicyclic) bond motifs is 1. The standard InChI is InChI=1S/C16H26O7.2C2H6/c1-9(17)3-5-21-15(19)11-7-13-14(23-13)8-12(11)16(20)22-6-4-10(2)18;2*1-2/h9-14,17-18H,3-8H2,1-2H3;2*1-2H3. The van der Waals surface area contributed by atoms with Gasteiger partial charge in [-0.2, -0.15) is 0 Å². The zero-order valence-corrected chi connectivity index (χ0v) is 17.6. The van der Waals surface area contributed by atoms with E-state index >= 15 is 0 Å². The molecule has 0 aromatic heterocycles. The van der Waals surface area contributed by atoms with Crippen LogP contribution < -0.4 is 0 Å². The summed E-state index contributed by atoms with van der Waals surface area (Å²) in [5.74, 6) is -1.99. The topological polar surface area (TPSA) is 106 Å². The normalized spacial score (nSPS) is 27.4. The fourth-order valence-electron chi connectivity index (χ4n) is 2.82. The van der Waals surface area contributed by atoms with Crippen LogP contribution in [0.4, 0.5) is 0 Å². The molecule has 27 heavy (non-hydrogen) atoms. The van der Waals surface area contributed by atoms with Gasteiger partial charge in [0.2, 0.25) is 0 Å². The number of carbonyl (C=O) groups is 2. The van der Waals surface area contributed by atoms with Gasteiger partial charge in [-0.1, -0.05) is 27.7 Å². The first-order valence-electron chi connectivity index (χ1n) is 10.2. The van der Waals surface area contributed by atoms with E-state index in [1.165, 1.54) is 0 Å². The summed E-state index contributed by atoms with van der Waals surface area (Å²) >= 11 is 0. The van der Waals surface area contributed by atoms with E-state index in [1.807, 2.05) is 27.7 Å². The van der Waals surface area contributed by atoms with Crippen molar-refractivity contribution in [3.8, 4) is 0 Å². The molecule has 7 heteroatoms. The molecule has 0 aromatic rings. The van der Waals surface area contributed by atoms with Gasteiger partial charge in [0.1, 0.15) is 0 Å². The monoisotopic (exact) mass is 390 g/mol. The molecule has 0 aromatic carbocycles. The lowest BCUT2D eigenvalue weighted by Gasteiger charge is -2.26. The molecule has 1 saturated heterocycles. The van der Waals surface area contributed by atoms with E-state index in [0.29, 0.717) is 25.7 Å². The summed E-state index contributed by atoms with van der Waals surface area (Å²) in [5, 5.41) is 18.4. The van der Waals surface area contributed by atoms with Crippen LogP contribution in [0, 0.1) is 11.8 Å². The van der Waals surface area contributed by atoms with Gasteiger partial charge in [-0.25, -0.2) is 0 Å². The molecule has 1 heterocycles. The first kappa shape index (κ1) is 25.8. The van der Waals surface area contributed by atoms with Gasteiger partial charge in [0.05, 0.1) is 49.5 Å². The van der Waals surface area contributed by atoms with Crippen molar-refractivity contribution in [2.75, 3.05) is 13.2 Å². The summed E-state index contributed by atoms with van der Waals surface area (Å²) in [7, 11) is 0. The van der Waals surface area contributed by atoms with Crippen LogP contribution in [0.2, 0.25) is 0 Å². The minimum Gasteiger partial charge on any atom is -0.465 e. The Morgan fingerprint density at radius 1 is 0.852 bits per heavy atom. The van der Waals surface area contributed by atoms with Gasteiger partial charge in [0.25, 0.3) is 0 Å². The van der Waals surface area contributed by atoms with E-state index in [2.05, 4.69) is 0 Å². The summed E-state index contributed by atoms with van der Waals surface area (Å²) in [5.41, 5.74) is 0. The Morgan fingerprint density at radius 3 is 1.48 bits per heavy atom. The van der Waals surface area contributed by atoms with Gasteiger partial charge in [-0.05, 0) is 26.7 Å². The van der Waals surface area contributed by atoms with E-state index in [1.54, 1.807) is 13.8 Å². The van der Waals surface area contributed by atoms with Crippen LogP contribution >= 0.6 is 0 Å². The molecule has 160 valence electrons. The van der Waals surface area contributed by atoms with Crippen molar-refractivity contribution in [1.82, 2.24) is 0 Å². The lowest BCUT2D eigenvalue weighted by molar-refractivity contribution is -0.163. The Kier molecular flexibility index (Phi) is 13.3. The van der Waals surface area contributed by atoms with Crippen molar-refractivity contribution in [2.45, 2.75) is 91.6 Å². The first-order chi connectivity index (χ1) is 12.9. The van der Waals surface area contributed by atoms with Crippen LogP contribution in [-0.2, 0) is 23.8 Å². The molecule has 2 fully saturated rings. The Hall–Kier alpha value is -1.18. The lowest BCUT2D eigenvalue weighted by Crippen LogP contribution is -2.38. The Morgan fingerprint density at radius 2 is 1.19 bits per heavy atom. The SMILES string of the molecule is CC.CC.CC(O)CCOC(=O)C1CC2OC2CC1C(=O)OCCC(C)O.